The molecule has 6 nitrogen and oxygen atoms in total. The molecule has 0 radical (unpaired) electrons. The number of alkyl halides is 3. The molecule has 25 heavy (non-hydrogen) atoms. The van der Waals surface area contributed by atoms with Gasteiger partial charge in [-0.2, -0.15) is 18.2 Å². The Morgan fingerprint density at radius 2 is 2.08 bits per heavy atom. The molecule has 10 heteroatoms. The number of halogens is 3. The van der Waals surface area contributed by atoms with E-state index in [0.29, 0.717) is 22.5 Å². The van der Waals surface area contributed by atoms with Crippen molar-refractivity contribution in [1.82, 2.24) is 24.7 Å². The number of hydrogen-bond donors (Lipinski definition) is 0. The summed E-state index contributed by atoms with van der Waals surface area (Å²) >= 11 is 1.22. The molecule has 0 aliphatic heterocycles. The highest BCUT2D eigenvalue weighted by Gasteiger charge is 2.31. The normalized spacial score (nSPS) is 13.5. The second-order valence-corrected chi connectivity index (χ2v) is 6.85. The molecule has 0 N–H and O–H groups in total. The van der Waals surface area contributed by atoms with Gasteiger partial charge in [0.15, 0.2) is 16.6 Å². The van der Waals surface area contributed by atoms with Gasteiger partial charge in [0.2, 0.25) is 5.89 Å². The third-order valence-electron chi connectivity index (χ3n) is 3.57. The van der Waals surface area contributed by atoms with Crippen LogP contribution in [0, 0.1) is 0 Å². The van der Waals surface area contributed by atoms with E-state index >= 15 is 0 Å². The third kappa shape index (κ3) is 3.94. The molecule has 0 aliphatic carbocycles. The summed E-state index contributed by atoms with van der Waals surface area (Å²) in [5.41, 5.74) is -0.411. The molecule has 3 aromatic heterocycles. The molecule has 0 aromatic carbocycles. The van der Waals surface area contributed by atoms with Crippen LogP contribution in [0.1, 0.15) is 49.2 Å². The minimum atomic E-state index is -4.42. The van der Waals surface area contributed by atoms with Crippen LogP contribution >= 0.6 is 11.8 Å². The van der Waals surface area contributed by atoms with Crippen LogP contribution in [0.3, 0.4) is 0 Å². The van der Waals surface area contributed by atoms with Crippen LogP contribution in [-0.2, 0) is 12.6 Å². The SMILES string of the molecule is CCCCc1noc(C(C)Sc2nnc3ccc(C(F)(F)F)cn23)n1. The summed E-state index contributed by atoms with van der Waals surface area (Å²) in [5, 5.41) is 11.8. The fourth-order valence-electron chi connectivity index (χ4n) is 2.20. The molecule has 0 saturated heterocycles. The minimum Gasteiger partial charge on any atom is -0.338 e. The van der Waals surface area contributed by atoms with Crippen LogP contribution < -0.4 is 0 Å². The fraction of sp³-hybridized carbons (Fsp3) is 0.467. The molecule has 3 rings (SSSR count). The predicted molar refractivity (Wildman–Crippen MR) is 85.2 cm³/mol. The molecular formula is C15H16F3N5OS. The first-order chi connectivity index (χ1) is 11.9. The number of unbranched alkanes of at least 4 members (excludes halogenated alkanes) is 1. The second-order valence-electron chi connectivity index (χ2n) is 5.54. The van der Waals surface area contributed by atoms with Gasteiger partial charge in [0.05, 0.1) is 10.8 Å². The molecule has 0 saturated carbocycles. The number of nitrogens with zero attached hydrogens (tertiary/aromatic N) is 5. The van der Waals surface area contributed by atoms with Gasteiger partial charge < -0.3 is 4.52 Å². The number of pyridine rings is 1. The summed E-state index contributed by atoms with van der Waals surface area (Å²) in [6.45, 7) is 3.90. The van der Waals surface area contributed by atoms with Gasteiger partial charge in [-0.1, -0.05) is 30.3 Å². The fourth-order valence-corrected chi connectivity index (χ4v) is 3.06. The predicted octanol–water partition coefficient (Wildman–Crippen LogP) is 4.33. The van der Waals surface area contributed by atoms with Crippen molar-refractivity contribution in [2.45, 2.75) is 49.7 Å². The quantitative estimate of drug-likeness (QED) is 0.601. The molecular weight excluding hydrogens is 355 g/mol. The summed E-state index contributed by atoms with van der Waals surface area (Å²) in [5.74, 6) is 1.05. The van der Waals surface area contributed by atoms with E-state index in [-0.39, 0.29) is 5.25 Å². The third-order valence-corrected chi connectivity index (χ3v) is 4.61. The molecule has 134 valence electrons. The van der Waals surface area contributed by atoms with Crippen molar-refractivity contribution < 1.29 is 17.7 Å². The van der Waals surface area contributed by atoms with E-state index in [1.54, 1.807) is 0 Å². The first kappa shape index (κ1) is 17.7. The van der Waals surface area contributed by atoms with Gasteiger partial charge in [-0.25, -0.2) is 0 Å². The van der Waals surface area contributed by atoms with Crippen molar-refractivity contribution in [3.63, 3.8) is 0 Å². The number of fused-ring (bicyclic) bond motifs is 1. The zero-order valence-corrected chi connectivity index (χ0v) is 14.4. The van der Waals surface area contributed by atoms with Gasteiger partial charge in [0.25, 0.3) is 0 Å². The lowest BCUT2D eigenvalue weighted by Crippen LogP contribution is -2.06. The minimum absolute atomic E-state index is 0.259. The number of aromatic nitrogens is 5. The average Bonchev–Trinajstić information content (AvgIpc) is 3.19. The Kier molecular flexibility index (Phi) is 4.98. The smallest absolute Gasteiger partial charge is 0.338 e. The second kappa shape index (κ2) is 7.03. The largest absolute Gasteiger partial charge is 0.417 e. The van der Waals surface area contributed by atoms with Gasteiger partial charge >= 0.3 is 6.18 Å². The first-order valence-corrected chi connectivity index (χ1v) is 8.67. The van der Waals surface area contributed by atoms with Crippen LogP contribution in [0.4, 0.5) is 13.2 Å². The maximum atomic E-state index is 12.9. The Hall–Kier alpha value is -2.10. The molecule has 0 amide bonds. The van der Waals surface area contributed by atoms with Gasteiger partial charge in [-0.3, -0.25) is 4.40 Å². The van der Waals surface area contributed by atoms with Crippen molar-refractivity contribution in [3.8, 4) is 0 Å². The Balaban J connectivity index is 1.81. The topological polar surface area (TPSA) is 69.1 Å². The van der Waals surface area contributed by atoms with Crippen molar-refractivity contribution >= 4 is 17.4 Å². The van der Waals surface area contributed by atoms with E-state index in [9.17, 15) is 13.2 Å². The maximum Gasteiger partial charge on any atom is 0.417 e. The Morgan fingerprint density at radius 3 is 2.80 bits per heavy atom. The Labute approximate surface area is 145 Å². The van der Waals surface area contributed by atoms with E-state index in [2.05, 4.69) is 27.3 Å². The summed E-state index contributed by atoms with van der Waals surface area (Å²) in [4.78, 5) is 4.33. The summed E-state index contributed by atoms with van der Waals surface area (Å²) in [6.07, 6.45) is -0.700. The van der Waals surface area contributed by atoms with Crippen LogP contribution in [0.5, 0.6) is 0 Å². The van der Waals surface area contributed by atoms with Gasteiger partial charge in [0, 0.05) is 12.6 Å². The highest BCUT2D eigenvalue weighted by atomic mass is 32.2. The Bertz CT molecular complexity index is 860. The van der Waals surface area contributed by atoms with Crippen LogP contribution in [0.2, 0.25) is 0 Å². The van der Waals surface area contributed by atoms with Crippen molar-refractivity contribution in [2.24, 2.45) is 0 Å². The highest BCUT2D eigenvalue weighted by Crippen LogP contribution is 2.34. The highest BCUT2D eigenvalue weighted by molar-refractivity contribution is 7.99. The molecule has 0 fully saturated rings. The van der Waals surface area contributed by atoms with Crippen LogP contribution in [-0.4, -0.2) is 24.7 Å². The zero-order valence-electron chi connectivity index (χ0n) is 13.6. The number of hydrogen-bond acceptors (Lipinski definition) is 6. The Morgan fingerprint density at radius 1 is 1.28 bits per heavy atom. The van der Waals surface area contributed by atoms with E-state index in [1.807, 2.05) is 6.92 Å². The molecule has 0 bridgehead atoms. The van der Waals surface area contributed by atoms with E-state index in [0.717, 1.165) is 31.5 Å². The van der Waals surface area contributed by atoms with Crippen molar-refractivity contribution in [2.75, 3.05) is 0 Å². The maximum absolute atomic E-state index is 12.9. The van der Waals surface area contributed by atoms with Gasteiger partial charge in [0.1, 0.15) is 0 Å². The van der Waals surface area contributed by atoms with Crippen LogP contribution in [0.25, 0.3) is 5.65 Å². The number of aryl methyl sites for hydroxylation is 1. The summed E-state index contributed by atoms with van der Waals surface area (Å²) in [6, 6.07) is 2.28. The molecule has 0 aliphatic rings. The molecule has 1 atom stereocenters. The lowest BCUT2D eigenvalue weighted by molar-refractivity contribution is -0.137. The van der Waals surface area contributed by atoms with Gasteiger partial charge in [-0.15, -0.1) is 10.2 Å². The molecule has 1 unspecified atom stereocenters. The lowest BCUT2D eigenvalue weighted by Gasteiger charge is -2.08. The number of rotatable bonds is 6. The van der Waals surface area contributed by atoms with Crippen LogP contribution in [0.15, 0.2) is 28.0 Å². The molecule has 3 aromatic rings. The van der Waals surface area contributed by atoms with Crippen molar-refractivity contribution in [3.05, 3.63) is 35.6 Å². The molecule has 0 spiro atoms. The lowest BCUT2D eigenvalue weighted by atomic mass is 10.2. The van der Waals surface area contributed by atoms with E-state index < -0.39 is 11.7 Å². The number of thioether (sulfide) groups is 1. The summed E-state index contributed by atoms with van der Waals surface area (Å²) < 4.78 is 45.2. The van der Waals surface area contributed by atoms with E-state index in [1.165, 1.54) is 22.2 Å². The summed E-state index contributed by atoms with van der Waals surface area (Å²) in [7, 11) is 0. The van der Waals surface area contributed by atoms with Gasteiger partial charge in [-0.05, 0) is 25.5 Å². The monoisotopic (exact) mass is 371 g/mol. The first-order valence-electron chi connectivity index (χ1n) is 7.79. The zero-order chi connectivity index (χ0) is 18.0. The van der Waals surface area contributed by atoms with E-state index in [4.69, 9.17) is 4.52 Å². The standard InChI is InChI=1S/C15H16F3N5OS/c1-3-4-5-11-19-13(24-22-11)9(2)25-14-21-20-12-7-6-10(8-23(12)14)15(16,17)18/h6-9H,3-5H2,1-2H3. The molecule has 3 heterocycles. The van der Waals surface area contributed by atoms with Crippen molar-refractivity contribution in [1.29, 1.82) is 0 Å². The average molecular weight is 371 g/mol.